The molecule has 2 bridgehead atoms. The van der Waals surface area contributed by atoms with Gasteiger partial charge in [0.25, 0.3) is 0 Å². The van der Waals surface area contributed by atoms with Crippen LogP contribution in [0.15, 0.2) is 16.5 Å². The third-order valence-electron chi connectivity index (χ3n) is 2.22. The molecular weight excluding hydrogens is 136 g/mol. The Labute approximate surface area is 66.3 Å². The van der Waals surface area contributed by atoms with E-state index in [4.69, 9.17) is 4.42 Å². The molecule has 2 aromatic rings. The summed E-state index contributed by atoms with van der Waals surface area (Å²) in [5.41, 5.74) is 4.80. The van der Waals surface area contributed by atoms with Gasteiger partial charge in [0, 0.05) is 5.56 Å². The van der Waals surface area contributed by atoms with Crippen LogP contribution in [0, 0.1) is 6.92 Å². The first-order chi connectivity index (χ1) is 5.20. The minimum atomic E-state index is 0.576. The molecule has 0 aliphatic rings. The highest BCUT2D eigenvalue weighted by molar-refractivity contribution is 5.72. The fourth-order valence-electron chi connectivity index (χ4n) is 1.72. The van der Waals surface area contributed by atoms with Gasteiger partial charge in [-0.3, -0.25) is 0 Å². The highest BCUT2D eigenvalue weighted by atomic mass is 16.3. The fraction of sp³-hybridized carbons (Fsp3) is 0.400. The topological polar surface area (TPSA) is 13.1 Å². The number of aryl methyl sites for hydroxylation is 1. The van der Waals surface area contributed by atoms with Gasteiger partial charge in [0.05, 0.1) is 0 Å². The largest absolute Gasteiger partial charge is 0.457 e. The number of fused-ring (bicyclic) bond motifs is 2. The van der Waals surface area contributed by atoms with Crippen molar-refractivity contribution in [2.45, 2.75) is 26.7 Å². The molecule has 2 rings (SSSR count). The third-order valence-corrected chi connectivity index (χ3v) is 2.22. The monoisotopic (exact) mass is 148 g/mol. The predicted molar refractivity (Wildman–Crippen MR) is 46.2 cm³/mol. The number of hydrogen-bond donors (Lipinski definition) is 0. The molecule has 58 valence electrons. The highest BCUT2D eigenvalue weighted by Crippen LogP contribution is 2.32. The minimum absolute atomic E-state index is 0.576. The van der Waals surface area contributed by atoms with Gasteiger partial charge in [-0.15, -0.1) is 0 Å². The van der Waals surface area contributed by atoms with Crippen molar-refractivity contribution in [2.75, 3.05) is 0 Å². The Morgan fingerprint density at radius 2 is 1.82 bits per heavy atom. The summed E-state index contributed by atoms with van der Waals surface area (Å²) in [6.07, 6.45) is 0. The second-order valence-corrected chi connectivity index (χ2v) is 3.36. The fourth-order valence-corrected chi connectivity index (χ4v) is 1.72. The zero-order valence-electron chi connectivity index (χ0n) is 7.14. The SMILES string of the molecule is Cc1c(C(C)C)c2ccc1o2. The van der Waals surface area contributed by atoms with Crippen LogP contribution in [-0.2, 0) is 0 Å². The van der Waals surface area contributed by atoms with E-state index in [2.05, 4.69) is 26.8 Å². The van der Waals surface area contributed by atoms with Crippen LogP contribution in [0.3, 0.4) is 0 Å². The molecule has 0 aliphatic carbocycles. The standard InChI is InChI=1S/C10H12O/c1-6(2)10-7(3)8-4-5-9(10)11-8/h4-6H,1-3H3. The van der Waals surface area contributed by atoms with E-state index in [1.54, 1.807) is 0 Å². The van der Waals surface area contributed by atoms with Crippen molar-refractivity contribution in [1.29, 1.82) is 0 Å². The number of benzene rings is 1. The summed E-state index contributed by atoms with van der Waals surface area (Å²) in [6, 6.07) is 4.09. The molecule has 0 saturated heterocycles. The van der Waals surface area contributed by atoms with E-state index in [1.807, 2.05) is 6.07 Å². The van der Waals surface area contributed by atoms with Crippen LogP contribution in [0.1, 0.15) is 30.9 Å². The molecular formula is C10H12O. The molecule has 0 radical (unpaired) electrons. The lowest BCUT2D eigenvalue weighted by Crippen LogP contribution is -1.88. The van der Waals surface area contributed by atoms with Gasteiger partial charge in [0.1, 0.15) is 11.2 Å². The number of furan rings is 2. The van der Waals surface area contributed by atoms with Crippen LogP contribution in [0.5, 0.6) is 0 Å². The molecule has 0 aliphatic heterocycles. The molecule has 0 aromatic carbocycles. The molecule has 0 saturated carbocycles. The van der Waals surface area contributed by atoms with Gasteiger partial charge in [-0.25, -0.2) is 0 Å². The van der Waals surface area contributed by atoms with E-state index >= 15 is 0 Å². The normalized spacial score (nSPS) is 12.0. The zero-order valence-corrected chi connectivity index (χ0v) is 7.14. The molecule has 0 N–H and O–H groups in total. The Balaban J connectivity index is 2.72. The lowest BCUT2D eigenvalue weighted by atomic mass is 9.99. The first kappa shape index (κ1) is 6.71. The van der Waals surface area contributed by atoms with E-state index in [-0.39, 0.29) is 0 Å². The molecule has 0 unspecified atom stereocenters. The van der Waals surface area contributed by atoms with Crippen molar-refractivity contribution < 1.29 is 4.42 Å². The summed E-state index contributed by atoms with van der Waals surface area (Å²) in [5.74, 6) is 0.576. The Bertz CT molecular complexity index is 357. The molecule has 0 amide bonds. The quantitative estimate of drug-likeness (QED) is 0.604. The Morgan fingerprint density at radius 1 is 1.18 bits per heavy atom. The lowest BCUT2D eigenvalue weighted by Gasteiger charge is -2.03. The summed E-state index contributed by atoms with van der Waals surface area (Å²) < 4.78 is 5.51. The van der Waals surface area contributed by atoms with E-state index in [1.165, 1.54) is 11.1 Å². The minimum Gasteiger partial charge on any atom is -0.457 e. The van der Waals surface area contributed by atoms with Crippen LogP contribution in [0.4, 0.5) is 0 Å². The molecule has 0 fully saturated rings. The van der Waals surface area contributed by atoms with Crippen molar-refractivity contribution in [2.24, 2.45) is 0 Å². The van der Waals surface area contributed by atoms with E-state index in [0.717, 1.165) is 11.2 Å². The molecule has 0 spiro atoms. The second-order valence-electron chi connectivity index (χ2n) is 3.36. The summed E-state index contributed by atoms with van der Waals surface area (Å²) >= 11 is 0. The predicted octanol–water partition coefficient (Wildman–Crippen LogP) is 3.30. The van der Waals surface area contributed by atoms with Crippen LogP contribution < -0.4 is 0 Å². The highest BCUT2D eigenvalue weighted by Gasteiger charge is 2.14. The first-order valence-electron chi connectivity index (χ1n) is 4.01. The molecule has 1 heteroatoms. The average molecular weight is 148 g/mol. The maximum Gasteiger partial charge on any atom is 0.131 e. The van der Waals surface area contributed by atoms with Crippen molar-refractivity contribution in [1.82, 2.24) is 0 Å². The summed E-state index contributed by atoms with van der Waals surface area (Å²) in [6.45, 7) is 6.52. The summed E-state index contributed by atoms with van der Waals surface area (Å²) in [4.78, 5) is 0. The zero-order chi connectivity index (χ0) is 8.01. The van der Waals surface area contributed by atoms with Crippen LogP contribution in [0.25, 0.3) is 11.2 Å². The lowest BCUT2D eigenvalue weighted by molar-refractivity contribution is 0.669. The van der Waals surface area contributed by atoms with Gasteiger partial charge < -0.3 is 4.42 Å². The number of hydrogen-bond acceptors (Lipinski definition) is 1. The molecule has 2 aromatic heterocycles. The van der Waals surface area contributed by atoms with E-state index in [0.29, 0.717) is 5.92 Å². The molecule has 11 heavy (non-hydrogen) atoms. The van der Waals surface area contributed by atoms with E-state index < -0.39 is 0 Å². The molecule has 1 nitrogen and oxygen atoms in total. The Kier molecular flexibility index (Phi) is 1.22. The molecule has 2 heterocycles. The number of rotatable bonds is 1. The molecule has 0 atom stereocenters. The van der Waals surface area contributed by atoms with Crippen molar-refractivity contribution in [3.8, 4) is 0 Å². The van der Waals surface area contributed by atoms with Gasteiger partial charge in [-0.05, 0) is 30.5 Å². The third kappa shape index (κ3) is 0.770. The van der Waals surface area contributed by atoms with Gasteiger partial charge in [0.2, 0.25) is 0 Å². The van der Waals surface area contributed by atoms with Crippen molar-refractivity contribution >= 4 is 11.2 Å². The summed E-state index contributed by atoms with van der Waals surface area (Å²) in [7, 11) is 0. The maximum atomic E-state index is 5.51. The summed E-state index contributed by atoms with van der Waals surface area (Å²) in [5, 5.41) is 0. The van der Waals surface area contributed by atoms with Crippen LogP contribution in [-0.4, -0.2) is 0 Å². The van der Waals surface area contributed by atoms with E-state index in [9.17, 15) is 0 Å². The second kappa shape index (κ2) is 2.00. The van der Waals surface area contributed by atoms with Crippen molar-refractivity contribution in [3.05, 3.63) is 23.3 Å². The Hall–Kier alpha value is -0.980. The van der Waals surface area contributed by atoms with Crippen LogP contribution >= 0.6 is 0 Å². The average Bonchev–Trinajstić information content (AvgIpc) is 2.44. The first-order valence-corrected chi connectivity index (χ1v) is 4.01. The maximum absolute atomic E-state index is 5.51. The van der Waals surface area contributed by atoms with Crippen molar-refractivity contribution in [3.63, 3.8) is 0 Å². The van der Waals surface area contributed by atoms with Gasteiger partial charge in [-0.2, -0.15) is 0 Å². The smallest absolute Gasteiger partial charge is 0.131 e. The van der Waals surface area contributed by atoms with Gasteiger partial charge in [-0.1, -0.05) is 13.8 Å². The van der Waals surface area contributed by atoms with Crippen LogP contribution in [0.2, 0.25) is 0 Å². The Morgan fingerprint density at radius 3 is 2.18 bits per heavy atom. The van der Waals surface area contributed by atoms with Gasteiger partial charge >= 0.3 is 0 Å². The van der Waals surface area contributed by atoms with Gasteiger partial charge in [0.15, 0.2) is 0 Å².